The van der Waals surface area contributed by atoms with Gasteiger partial charge in [0.25, 0.3) is 5.91 Å². The molecule has 6 nitrogen and oxygen atoms in total. The smallest absolute Gasteiger partial charge is 0.335 e. The van der Waals surface area contributed by atoms with E-state index in [1.165, 1.54) is 18.2 Å². The molecule has 1 saturated carbocycles. The van der Waals surface area contributed by atoms with Gasteiger partial charge in [-0.3, -0.25) is 9.48 Å². The molecule has 0 spiro atoms. The highest BCUT2D eigenvalue weighted by Gasteiger charge is 2.46. The lowest BCUT2D eigenvalue weighted by Gasteiger charge is -2.19. The summed E-state index contributed by atoms with van der Waals surface area (Å²) in [5, 5.41) is 18.2. The number of aromatic nitrogens is 2. The first kappa shape index (κ1) is 25.7. The van der Waals surface area contributed by atoms with Crippen molar-refractivity contribution in [3.05, 3.63) is 124 Å². The Morgan fingerprint density at radius 2 is 1.73 bits per heavy atom. The standard InChI is InChI=1S/C31H22ClF2N3O3/c32-24-3-1-2-18(12-24)17-37-28-22(16-35-37)13-21(20-6-9-26(33)27(34)15-20)14-25(28)29(38)36-31(10-11-31)23-7-4-19(5-8-23)30(39)40/h1-9,12-16H,10-11,17H2,(H,36,38)(H,39,40). The van der Waals surface area contributed by atoms with Crippen LogP contribution in [0.1, 0.15) is 44.7 Å². The fraction of sp³-hybridized carbons (Fsp3) is 0.129. The maximum absolute atomic E-state index is 14.1. The summed E-state index contributed by atoms with van der Waals surface area (Å²) < 4.78 is 29.5. The zero-order valence-electron chi connectivity index (χ0n) is 21.0. The molecule has 40 heavy (non-hydrogen) atoms. The number of nitrogens with zero attached hydrogens (tertiary/aromatic N) is 2. The zero-order chi connectivity index (χ0) is 28.0. The minimum atomic E-state index is -1.02. The van der Waals surface area contributed by atoms with Gasteiger partial charge in [0.1, 0.15) is 0 Å². The molecule has 1 aliphatic carbocycles. The third kappa shape index (κ3) is 4.82. The molecule has 6 rings (SSSR count). The number of fused-ring (bicyclic) bond motifs is 1. The first-order valence-corrected chi connectivity index (χ1v) is 13.0. The molecule has 0 saturated heterocycles. The number of carboxylic acids is 1. The molecular formula is C31H22ClF2N3O3. The van der Waals surface area contributed by atoms with E-state index in [4.69, 9.17) is 11.6 Å². The number of hydrogen-bond donors (Lipinski definition) is 2. The van der Waals surface area contributed by atoms with Gasteiger partial charge in [-0.05, 0) is 83.6 Å². The van der Waals surface area contributed by atoms with Crippen molar-refractivity contribution in [2.45, 2.75) is 24.9 Å². The molecule has 1 fully saturated rings. The Bertz CT molecular complexity index is 1800. The highest BCUT2D eigenvalue weighted by atomic mass is 35.5. The maximum atomic E-state index is 14.1. The molecule has 9 heteroatoms. The van der Waals surface area contributed by atoms with Crippen LogP contribution in [0.2, 0.25) is 5.02 Å². The summed E-state index contributed by atoms with van der Waals surface area (Å²) in [5.41, 5.74) is 3.10. The normalized spacial score (nSPS) is 13.8. The first-order valence-electron chi connectivity index (χ1n) is 12.6. The van der Waals surface area contributed by atoms with Gasteiger partial charge in [0.15, 0.2) is 11.6 Å². The van der Waals surface area contributed by atoms with E-state index in [1.54, 1.807) is 41.2 Å². The number of aromatic carboxylic acids is 1. The Labute approximate surface area is 232 Å². The van der Waals surface area contributed by atoms with Gasteiger partial charge in [-0.2, -0.15) is 5.10 Å². The Balaban J connectivity index is 1.43. The van der Waals surface area contributed by atoms with Crippen LogP contribution in [0.25, 0.3) is 22.0 Å². The lowest BCUT2D eigenvalue weighted by atomic mass is 9.98. The van der Waals surface area contributed by atoms with Crippen molar-refractivity contribution in [2.75, 3.05) is 0 Å². The van der Waals surface area contributed by atoms with E-state index in [1.807, 2.05) is 18.2 Å². The van der Waals surface area contributed by atoms with E-state index in [9.17, 15) is 23.5 Å². The van der Waals surface area contributed by atoms with Crippen LogP contribution in [-0.2, 0) is 12.1 Å². The molecule has 0 radical (unpaired) electrons. The number of halogens is 3. The number of carbonyl (C=O) groups excluding carboxylic acids is 1. The van der Waals surface area contributed by atoms with E-state index >= 15 is 0 Å². The van der Waals surface area contributed by atoms with Gasteiger partial charge in [-0.15, -0.1) is 0 Å². The average molecular weight is 558 g/mol. The molecule has 200 valence electrons. The molecular weight excluding hydrogens is 536 g/mol. The van der Waals surface area contributed by atoms with Crippen molar-refractivity contribution in [1.29, 1.82) is 0 Å². The summed E-state index contributed by atoms with van der Waals surface area (Å²) in [7, 11) is 0. The Morgan fingerprint density at radius 3 is 2.40 bits per heavy atom. The van der Waals surface area contributed by atoms with Crippen molar-refractivity contribution >= 4 is 34.4 Å². The zero-order valence-corrected chi connectivity index (χ0v) is 21.8. The van der Waals surface area contributed by atoms with Gasteiger partial charge in [-0.1, -0.05) is 41.9 Å². The third-order valence-corrected chi connectivity index (χ3v) is 7.47. The predicted octanol–water partition coefficient (Wildman–Crippen LogP) is 6.80. The van der Waals surface area contributed by atoms with Crippen molar-refractivity contribution in [3.63, 3.8) is 0 Å². The van der Waals surface area contributed by atoms with Crippen LogP contribution in [0.4, 0.5) is 8.78 Å². The van der Waals surface area contributed by atoms with E-state index in [0.29, 0.717) is 52.0 Å². The highest BCUT2D eigenvalue weighted by Crippen LogP contribution is 2.46. The maximum Gasteiger partial charge on any atom is 0.335 e. The van der Waals surface area contributed by atoms with Crippen molar-refractivity contribution in [2.24, 2.45) is 0 Å². The first-order chi connectivity index (χ1) is 19.2. The molecule has 1 amide bonds. The largest absolute Gasteiger partial charge is 0.478 e. The fourth-order valence-corrected chi connectivity index (χ4v) is 5.22. The van der Waals surface area contributed by atoms with Gasteiger partial charge in [0, 0.05) is 10.4 Å². The van der Waals surface area contributed by atoms with Crippen LogP contribution >= 0.6 is 11.6 Å². The molecule has 0 aliphatic heterocycles. The van der Waals surface area contributed by atoms with Gasteiger partial charge in [0.2, 0.25) is 0 Å². The van der Waals surface area contributed by atoms with Crippen LogP contribution in [0.15, 0.2) is 85.1 Å². The van der Waals surface area contributed by atoms with Gasteiger partial charge in [0.05, 0.1) is 34.9 Å². The van der Waals surface area contributed by atoms with E-state index in [0.717, 1.165) is 23.3 Å². The minimum absolute atomic E-state index is 0.164. The number of amides is 1. The number of carboxylic acid groups (broad SMARTS) is 1. The molecule has 2 N–H and O–H groups in total. The Hall–Kier alpha value is -4.56. The lowest BCUT2D eigenvalue weighted by Crippen LogP contribution is -2.35. The van der Waals surface area contributed by atoms with Gasteiger partial charge < -0.3 is 10.4 Å². The highest BCUT2D eigenvalue weighted by molar-refractivity contribution is 6.30. The summed E-state index contributed by atoms with van der Waals surface area (Å²) in [6.45, 7) is 0.358. The molecule has 1 aliphatic rings. The predicted molar refractivity (Wildman–Crippen MR) is 147 cm³/mol. The Kier molecular flexibility index (Phi) is 6.35. The number of nitrogens with one attached hydrogen (secondary N) is 1. The van der Waals surface area contributed by atoms with Crippen LogP contribution in [0, 0.1) is 11.6 Å². The molecule has 0 atom stereocenters. The van der Waals surface area contributed by atoms with Crippen LogP contribution in [0.5, 0.6) is 0 Å². The summed E-state index contributed by atoms with van der Waals surface area (Å²) in [6, 6.07) is 20.9. The number of carbonyl (C=O) groups is 2. The quantitative estimate of drug-likeness (QED) is 0.230. The Morgan fingerprint density at radius 1 is 0.950 bits per heavy atom. The van der Waals surface area contributed by atoms with Crippen LogP contribution < -0.4 is 5.32 Å². The van der Waals surface area contributed by atoms with Crippen LogP contribution in [0.3, 0.4) is 0 Å². The third-order valence-electron chi connectivity index (χ3n) is 7.24. The van der Waals surface area contributed by atoms with E-state index < -0.39 is 23.1 Å². The molecule has 1 heterocycles. The van der Waals surface area contributed by atoms with Gasteiger partial charge in [-0.25, -0.2) is 13.6 Å². The van der Waals surface area contributed by atoms with E-state index in [-0.39, 0.29) is 11.5 Å². The number of benzene rings is 4. The summed E-state index contributed by atoms with van der Waals surface area (Å²) in [4.78, 5) is 25.2. The SMILES string of the molecule is O=C(O)c1ccc(C2(NC(=O)c3cc(-c4ccc(F)c(F)c4)cc4cnn(Cc5cccc(Cl)c5)c34)CC2)cc1. The van der Waals surface area contributed by atoms with Gasteiger partial charge >= 0.3 is 5.97 Å². The number of rotatable bonds is 7. The fourth-order valence-electron chi connectivity index (χ4n) is 5.00. The second kappa shape index (κ2) is 9.88. The van der Waals surface area contributed by atoms with E-state index in [2.05, 4.69) is 10.4 Å². The monoisotopic (exact) mass is 557 g/mol. The molecule has 5 aromatic rings. The summed E-state index contributed by atoms with van der Waals surface area (Å²) in [5.74, 6) is -3.32. The topological polar surface area (TPSA) is 84.2 Å². The lowest BCUT2D eigenvalue weighted by molar-refractivity contribution is 0.0696. The molecule has 0 unspecified atom stereocenters. The molecule has 1 aromatic heterocycles. The summed E-state index contributed by atoms with van der Waals surface area (Å²) >= 11 is 6.18. The average Bonchev–Trinajstić information content (AvgIpc) is 3.61. The second-order valence-electron chi connectivity index (χ2n) is 9.94. The van der Waals surface area contributed by atoms with Crippen molar-refractivity contribution in [1.82, 2.24) is 15.1 Å². The number of hydrogen-bond acceptors (Lipinski definition) is 3. The van der Waals surface area contributed by atoms with Crippen molar-refractivity contribution in [3.8, 4) is 11.1 Å². The van der Waals surface area contributed by atoms with Crippen LogP contribution in [-0.4, -0.2) is 26.8 Å². The van der Waals surface area contributed by atoms with Crippen molar-refractivity contribution < 1.29 is 23.5 Å². The molecule has 4 aromatic carbocycles. The second-order valence-corrected chi connectivity index (χ2v) is 10.4. The minimum Gasteiger partial charge on any atom is -0.478 e. The summed E-state index contributed by atoms with van der Waals surface area (Å²) in [6.07, 6.45) is 3.02. The molecule has 0 bridgehead atoms.